The zero-order valence-corrected chi connectivity index (χ0v) is 13.6. The minimum atomic E-state index is -0.350. The Kier molecular flexibility index (Phi) is 7.23. The van der Waals surface area contributed by atoms with Crippen LogP contribution in [0.5, 0.6) is 0 Å². The van der Waals surface area contributed by atoms with E-state index in [1.165, 1.54) is 0 Å². The van der Waals surface area contributed by atoms with E-state index >= 15 is 0 Å². The molecule has 0 unspecified atom stereocenters. The minimum absolute atomic E-state index is 0.185. The Morgan fingerprint density at radius 3 is 2.48 bits per heavy atom. The van der Waals surface area contributed by atoms with Crippen molar-refractivity contribution in [1.29, 1.82) is 0 Å². The van der Waals surface area contributed by atoms with Gasteiger partial charge in [-0.3, -0.25) is 9.59 Å². The molecule has 1 rings (SSSR count). The van der Waals surface area contributed by atoms with Crippen LogP contribution in [0.25, 0.3) is 0 Å². The molecule has 0 aliphatic heterocycles. The molecule has 0 aliphatic carbocycles. The summed E-state index contributed by atoms with van der Waals surface area (Å²) in [5, 5.41) is 5.94. The van der Waals surface area contributed by atoms with Crippen LogP contribution in [0.1, 0.15) is 43.7 Å². The number of hydrogen-bond acceptors (Lipinski definition) is 2. The Bertz CT molecular complexity index is 492. The molecule has 0 aliphatic rings. The van der Waals surface area contributed by atoms with E-state index in [1.54, 1.807) is 6.07 Å². The zero-order chi connectivity index (χ0) is 15.8. The molecule has 0 fully saturated rings. The van der Waals surface area contributed by atoms with Crippen LogP contribution in [0.15, 0.2) is 12.1 Å². The van der Waals surface area contributed by atoms with Crippen molar-refractivity contribution >= 4 is 29.1 Å². The first-order chi connectivity index (χ1) is 9.93. The van der Waals surface area contributed by atoms with E-state index in [9.17, 15) is 9.59 Å². The molecule has 4 nitrogen and oxygen atoms in total. The Morgan fingerprint density at radius 1 is 1.14 bits per heavy atom. The third-order valence-electron chi connectivity index (χ3n) is 3.12. The molecule has 0 radical (unpaired) electrons. The number of hydrogen-bond donors (Lipinski definition) is 2. The van der Waals surface area contributed by atoms with Gasteiger partial charge >= 0.3 is 0 Å². The smallest absolute Gasteiger partial charge is 0.233 e. The Hall–Kier alpha value is -1.55. The molecule has 1 aromatic rings. The highest BCUT2D eigenvalue weighted by Gasteiger charge is 2.12. The Labute approximate surface area is 131 Å². The Balaban J connectivity index is 2.49. The van der Waals surface area contributed by atoms with Crippen LogP contribution < -0.4 is 10.6 Å². The number of nitrogens with one attached hydrogen (secondary N) is 2. The fourth-order valence-electron chi connectivity index (χ4n) is 2.07. The van der Waals surface area contributed by atoms with Crippen LogP contribution in [0.2, 0.25) is 5.02 Å². The Morgan fingerprint density at radius 2 is 1.86 bits per heavy atom. The number of benzene rings is 1. The van der Waals surface area contributed by atoms with Crippen molar-refractivity contribution in [2.24, 2.45) is 0 Å². The fraction of sp³-hybridized carbons (Fsp3) is 0.500. The van der Waals surface area contributed by atoms with Gasteiger partial charge in [-0.05, 0) is 37.5 Å². The summed E-state index contributed by atoms with van der Waals surface area (Å²) in [5.74, 6) is -0.610. The third kappa shape index (κ3) is 6.17. The largest absolute Gasteiger partial charge is 0.356 e. The molecule has 0 atom stereocenters. The van der Waals surface area contributed by atoms with Crippen molar-refractivity contribution in [3.8, 4) is 0 Å². The number of halogens is 1. The average Bonchev–Trinajstić information content (AvgIpc) is 2.39. The second kappa shape index (κ2) is 8.67. The average molecular weight is 311 g/mol. The van der Waals surface area contributed by atoms with Crippen LogP contribution >= 0.6 is 11.6 Å². The quantitative estimate of drug-likeness (QED) is 0.597. The van der Waals surface area contributed by atoms with Gasteiger partial charge in [-0.2, -0.15) is 0 Å². The standard InChI is InChI=1S/C16H23ClN2O2/c1-4-5-6-7-18-14(20)10-15(21)19-16-12(3)8-11(2)9-13(16)17/h8-9H,4-7,10H2,1-3H3,(H,18,20)(H,19,21). The molecule has 1 aromatic carbocycles. The predicted octanol–water partition coefficient (Wildman–Crippen LogP) is 3.59. The number of rotatable bonds is 7. The molecular formula is C16H23ClN2O2. The maximum atomic E-state index is 11.9. The molecule has 21 heavy (non-hydrogen) atoms. The SMILES string of the molecule is CCCCCNC(=O)CC(=O)Nc1c(C)cc(C)cc1Cl. The molecule has 0 heterocycles. The van der Waals surface area contributed by atoms with E-state index < -0.39 is 0 Å². The highest BCUT2D eigenvalue weighted by molar-refractivity contribution is 6.34. The highest BCUT2D eigenvalue weighted by Crippen LogP contribution is 2.27. The first-order valence-electron chi connectivity index (χ1n) is 7.27. The van der Waals surface area contributed by atoms with E-state index in [-0.39, 0.29) is 18.2 Å². The van der Waals surface area contributed by atoms with Gasteiger partial charge in [0.25, 0.3) is 0 Å². The summed E-state index contributed by atoms with van der Waals surface area (Å²) in [6.45, 7) is 6.53. The second-order valence-electron chi connectivity index (χ2n) is 5.22. The molecular weight excluding hydrogens is 288 g/mol. The molecule has 2 N–H and O–H groups in total. The van der Waals surface area contributed by atoms with E-state index in [2.05, 4.69) is 17.6 Å². The van der Waals surface area contributed by atoms with Gasteiger partial charge < -0.3 is 10.6 Å². The normalized spacial score (nSPS) is 10.3. The second-order valence-corrected chi connectivity index (χ2v) is 5.63. The van der Waals surface area contributed by atoms with Crippen molar-refractivity contribution in [1.82, 2.24) is 5.32 Å². The van der Waals surface area contributed by atoms with Crippen LogP contribution in [0, 0.1) is 13.8 Å². The van der Waals surface area contributed by atoms with E-state index in [4.69, 9.17) is 11.6 Å². The van der Waals surface area contributed by atoms with Crippen LogP contribution in [0.4, 0.5) is 5.69 Å². The monoisotopic (exact) mass is 310 g/mol. The molecule has 2 amide bonds. The zero-order valence-electron chi connectivity index (χ0n) is 12.9. The van der Waals surface area contributed by atoms with Crippen LogP contribution in [-0.4, -0.2) is 18.4 Å². The summed E-state index contributed by atoms with van der Waals surface area (Å²) in [6.07, 6.45) is 2.93. The van der Waals surface area contributed by atoms with Gasteiger partial charge in [0.2, 0.25) is 11.8 Å². The van der Waals surface area contributed by atoms with Gasteiger partial charge in [0.15, 0.2) is 0 Å². The predicted molar refractivity (Wildman–Crippen MR) is 86.7 cm³/mol. The molecule has 0 spiro atoms. The van der Waals surface area contributed by atoms with Gasteiger partial charge in [-0.15, -0.1) is 0 Å². The number of carbonyl (C=O) groups is 2. The maximum Gasteiger partial charge on any atom is 0.233 e. The number of amides is 2. The summed E-state index contributed by atoms with van der Waals surface area (Å²) >= 11 is 6.12. The summed E-state index contributed by atoms with van der Waals surface area (Å²) in [4.78, 5) is 23.5. The van der Waals surface area contributed by atoms with Crippen LogP contribution in [-0.2, 0) is 9.59 Å². The lowest BCUT2D eigenvalue weighted by molar-refractivity contribution is -0.126. The number of anilines is 1. The summed E-state index contributed by atoms with van der Waals surface area (Å²) in [5.41, 5.74) is 2.49. The molecule has 0 saturated heterocycles. The van der Waals surface area contributed by atoms with Crippen molar-refractivity contribution in [3.05, 3.63) is 28.3 Å². The highest BCUT2D eigenvalue weighted by atomic mass is 35.5. The van der Waals surface area contributed by atoms with Gasteiger partial charge in [0, 0.05) is 6.54 Å². The van der Waals surface area contributed by atoms with E-state index in [0.717, 1.165) is 30.4 Å². The molecule has 0 aromatic heterocycles. The summed E-state index contributed by atoms with van der Waals surface area (Å²) in [6, 6.07) is 3.72. The number of carbonyl (C=O) groups excluding carboxylic acids is 2. The maximum absolute atomic E-state index is 11.9. The van der Waals surface area contributed by atoms with Gasteiger partial charge in [0.05, 0.1) is 10.7 Å². The van der Waals surface area contributed by atoms with Gasteiger partial charge in [-0.1, -0.05) is 37.4 Å². The lowest BCUT2D eigenvalue weighted by atomic mass is 10.1. The lowest BCUT2D eigenvalue weighted by Crippen LogP contribution is -2.29. The van der Waals surface area contributed by atoms with Crippen molar-refractivity contribution in [3.63, 3.8) is 0 Å². The van der Waals surface area contributed by atoms with Crippen LogP contribution in [0.3, 0.4) is 0 Å². The molecule has 5 heteroatoms. The first-order valence-corrected chi connectivity index (χ1v) is 7.65. The number of aryl methyl sites for hydroxylation is 2. The fourth-order valence-corrected chi connectivity index (χ4v) is 2.44. The van der Waals surface area contributed by atoms with Crippen molar-refractivity contribution < 1.29 is 9.59 Å². The van der Waals surface area contributed by atoms with E-state index in [0.29, 0.717) is 17.3 Å². The van der Waals surface area contributed by atoms with Gasteiger partial charge in [-0.25, -0.2) is 0 Å². The summed E-state index contributed by atoms with van der Waals surface area (Å²) < 4.78 is 0. The third-order valence-corrected chi connectivity index (χ3v) is 3.42. The topological polar surface area (TPSA) is 58.2 Å². The minimum Gasteiger partial charge on any atom is -0.356 e. The molecule has 0 bridgehead atoms. The van der Waals surface area contributed by atoms with E-state index in [1.807, 2.05) is 19.9 Å². The van der Waals surface area contributed by atoms with Crippen molar-refractivity contribution in [2.75, 3.05) is 11.9 Å². The molecule has 116 valence electrons. The van der Waals surface area contributed by atoms with Crippen molar-refractivity contribution in [2.45, 2.75) is 46.5 Å². The molecule has 0 saturated carbocycles. The lowest BCUT2D eigenvalue weighted by Gasteiger charge is -2.11. The van der Waals surface area contributed by atoms with Gasteiger partial charge in [0.1, 0.15) is 6.42 Å². The first kappa shape index (κ1) is 17.5. The number of unbranched alkanes of at least 4 members (excludes halogenated alkanes) is 2. The summed E-state index contributed by atoms with van der Waals surface area (Å²) in [7, 11) is 0.